The molecule has 2 aliphatic rings. The Kier molecular flexibility index (Phi) is 2.66. The van der Waals surface area contributed by atoms with Crippen molar-refractivity contribution in [1.29, 1.82) is 0 Å². The molecule has 0 aromatic heterocycles. The zero-order chi connectivity index (χ0) is 12.8. The van der Waals surface area contributed by atoms with E-state index in [1.54, 1.807) is 11.2 Å². The highest BCUT2D eigenvalue weighted by Gasteiger charge is 2.47. The summed E-state index contributed by atoms with van der Waals surface area (Å²) in [5, 5.41) is 0. The van der Waals surface area contributed by atoms with Crippen LogP contribution in [0.1, 0.15) is 38.2 Å². The molecule has 3 rings (SSSR count). The summed E-state index contributed by atoms with van der Waals surface area (Å²) >= 11 is 0. The third kappa shape index (κ3) is 1.58. The first-order valence-electron chi connectivity index (χ1n) is 6.69. The second kappa shape index (κ2) is 3.98. The summed E-state index contributed by atoms with van der Waals surface area (Å²) in [6.45, 7) is 2.38. The SMILES string of the molecule is CCS(=O)(=O)N1CC2(CCCC2)c2ccccc21. The highest BCUT2D eigenvalue weighted by atomic mass is 32.2. The molecule has 1 aliphatic heterocycles. The molecule has 0 unspecified atom stereocenters. The zero-order valence-electron chi connectivity index (χ0n) is 10.7. The molecule has 1 spiro atoms. The summed E-state index contributed by atoms with van der Waals surface area (Å²) in [6, 6.07) is 8.04. The van der Waals surface area contributed by atoms with Gasteiger partial charge in [-0.3, -0.25) is 4.31 Å². The van der Waals surface area contributed by atoms with Crippen molar-refractivity contribution in [1.82, 2.24) is 0 Å². The van der Waals surface area contributed by atoms with Crippen molar-refractivity contribution in [2.24, 2.45) is 0 Å². The topological polar surface area (TPSA) is 37.4 Å². The zero-order valence-corrected chi connectivity index (χ0v) is 11.5. The maximum atomic E-state index is 12.2. The van der Waals surface area contributed by atoms with Crippen LogP contribution in [0.5, 0.6) is 0 Å². The van der Waals surface area contributed by atoms with Gasteiger partial charge in [0.25, 0.3) is 0 Å². The van der Waals surface area contributed by atoms with Crippen LogP contribution < -0.4 is 4.31 Å². The molecular formula is C14H19NO2S. The van der Waals surface area contributed by atoms with E-state index in [0.717, 1.165) is 18.5 Å². The summed E-state index contributed by atoms with van der Waals surface area (Å²) in [6.07, 6.45) is 4.68. The van der Waals surface area contributed by atoms with Crippen LogP contribution in [0.2, 0.25) is 0 Å². The number of hydrogen-bond acceptors (Lipinski definition) is 2. The predicted octanol–water partition coefficient (Wildman–Crippen LogP) is 2.67. The van der Waals surface area contributed by atoms with Crippen LogP contribution in [-0.4, -0.2) is 20.7 Å². The number of rotatable bonds is 2. The van der Waals surface area contributed by atoms with Crippen molar-refractivity contribution in [2.75, 3.05) is 16.6 Å². The van der Waals surface area contributed by atoms with Crippen molar-refractivity contribution in [3.63, 3.8) is 0 Å². The lowest BCUT2D eigenvalue weighted by molar-refractivity contribution is 0.477. The summed E-state index contributed by atoms with van der Waals surface area (Å²) in [5.41, 5.74) is 2.26. The first-order valence-corrected chi connectivity index (χ1v) is 8.30. The van der Waals surface area contributed by atoms with Gasteiger partial charge in [-0.15, -0.1) is 0 Å². The minimum Gasteiger partial charge on any atom is -0.269 e. The molecule has 3 nitrogen and oxygen atoms in total. The average Bonchev–Trinajstić information content (AvgIpc) is 2.98. The van der Waals surface area contributed by atoms with Crippen molar-refractivity contribution < 1.29 is 8.42 Å². The van der Waals surface area contributed by atoms with E-state index in [9.17, 15) is 8.42 Å². The van der Waals surface area contributed by atoms with Crippen molar-refractivity contribution in [3.8, 4) is 0 Å². The van der Waals surface area contributed by atoms with E-state index in [0.29, 0.717) is 6.54 Å². The molecule has 1 saturated carbocycles. The first kappa shape index (κ1) is 12.0. The fourth-order valence-corrected chi connectivity index (χ4v) is 4.68. The molecule has 1 aliphatic carbocycles. The van der Waals surface area contributed by atoms with Gasteiger partial charge in [0.15, 0.2) is 0 Å². The van der Waals surface area contributed by atoms with Crippen LogP contribution in [0, 0.1) is 0 Å². The Bertz CT molecular complexity index is 559. The van der Waals surface area contributed by atoms with E-state index >= 15 is 0 Å². The van der Waals surface area contributed by atoms with E-state index < -0.39 is 10.0 Å². The second-order valence-electron chi connectivity index (χ2n) is 5.41. The molecule has 4 heteroatoms. The van der Waals surface area contributed by atoms with E-state index in [-0.39, 0.29) is 11.2 Å². The number of fused-ring (bicyclic) bond motifs is 2. The molecule has 1 fully saturated rings. The molecule has 0 N–H and O–H groups in total. The number of anilines is 1. The smallest absolute Gasteiger partial charge is 0.234 e. The van der Waals surface area contributed by atoms with Gasteiger partial charge < -0.3 is 0 Å². The number of para-hydroxylation sites is 1. The quantitative estimate of drug-likeness (QED) is 0.824. The number of nitrogens with zero attached hydrogens (tertiary/aromatic N) is 1. The van der Waals surface area contributed by atoms with Gasteiger partial charge in [-0.1, -0.05) is 31.0 Å². The fraction of sp³-hybridized carbons (Fsp3) is 0.571. The highest BCUT2D eigenvalue weighted by Crippen LogP contribution is 2.51. The first-order chi connectivity index (χ1) is 8.59. The lowest BCUT2D eigenvalue weighted by atomic mass is 9.81. The van der Waals surface area contributed by atoms with Gasteiger partial charge in [-0.25, -0.2) is 8.42 Å². The highest BCUT2D eigenvalue weighted by molar-refractivity contribution is 7.92. The molecule has 0 amide bonds. The number of sulfonamides is 1. The normalized spacial score (nSPS) is 21.5. The minimum atomic E-state index is -3.14. The van der Waals surface area contributed by atoms with E-state index in [1.165, 1.54) is 18.4 Å². The Morgan fingerprint density at radius 2 is 1.89 bits per heavy atom. The molecular weight excluding hydrogens is 246 g/mol. The van der Waals surface area contributed by atoms with Crippen molar-refractivity contribution in [2.45, 2.75) is 38.0 Å². The molecule has 1 heterocycles. The molecule has 0 saturated heterocycles. The van der Waals surface area contributed by atoms with E-state index in [2.05, 4.69) is 6.07 Å². The monoisotopic (exact) mass is 265 g/mol. The van der Waals surface area contributed by atoms with Crippen LogP contribution in [0.3, 0.4) is 0 Å². The Balaban J connectivity index is 2.13. The predicted molar refractivity (Wildman–Crippen MR) is 73.4 cm³/mol. The van der Waals surface area contributed by atoms with Gasteiger partial charge in [0.1, 0.15) is 0 Å². The lowest BCUT2D eigenvalue weighted by Gasteiger charge is -2.25. The van der Waals surface area contributed by atoms with Crippen molar-refractivity contribution >= 4 is 15.7 Å². The maximum absolute atomic E-state index is 12.2. The van der Waals surface area contributed by atoms with Crippen molar-refractivity contribution in [3.05, 3.63) is 29.8 Å². The third-order valence-corrected chi connectivity index (χ3v) is 6.18. The summed E-state index contributed by atoms with van der Waals surface area (Å²) in [4.78, 5) is 0. The van der Waals surface area contributed by atoms with Gasteiger partial charge in [0.05, 0.1) is 11.4 Å². The number of hydrogen-bond donors (Lipinski definition) is 0. The van der Waals surface area contributed by atoms with Gasteiger partial charge in [-0.2, -0.15) is 0 Å². The van der Waals surface area contributed by atoms with Gasteiger partial charge >= 0.3 is 0 Å². The molecule has 0 bridgehead atoms. The summed E-state index contributed by atoms with van der Waals surface area (Å²) < 4.78 is 26.1. The molecule has 18 heavy (non-hydrogen) atoms. The van der Waals surface area contributed by atoms with Crippen LogP contribution in [0.15, 0.2) is 24.3 Å². The third-order valence-electron chi connectivity index (χ3n) is 4.45. The molecule has 98 valence electrons. The van der Waals surface area contributed by atoms with Crippen LogP contribution >= 0.6 is 0 Å². The van der Waals surface area contributed by atoms with Crippen LogP contribution in [0.4, 0.5) is 5.69 Å². The average molecular weight is 265 g/mol. The van der Waals surface area contributed by atoms with Gasteiger partial charge in [-0.05, 0) is 31.4 Å². The molecule has 0 radical (unpaired) electrons. The Morgan fingerprint density at radius 1 is 1.22 bits per heavy atom. The van der Waals surface area contributed by atoms with E-state index in [1.807, 2.05) is 18.2 Å². The van der Waals surface area contributed by atoms with E-state index in [4.69, 9.17) is 0 Å². The van der Waals surface area contributed by atoms with Gasteiger partial charge in [0, 0.05) is 12.0 Å². The summed E-state index contributed by atoms with van der Waals surface area (Å²) in [5.74, 6) is 0.178. The largest absolute Gasteiger partial charge is 0.269 e. The maximum Gasteiger partial charge on any atom is 0.234 e. The number of benzene rings is 1. The summed E-state index contributed by atoms with van der Waals surface area (Å²) in [7, 11) is -3.14. The molecule has 0 atom stereocenters. The Labute approximate surface area is 109 Å². The lowest BCUT2D eigenvalue weighted by Crippen LogP contribution is -2.36. The second-order valence-corrected chi connectivity index (χ2v) is 7.59. The minimum absolute atomic E-state index is 0.0961. The Hall–Kier alpha value is -1.03. The van der Waals surface area contributed by atoms with Crippen LogP contribution in [-0.2, 0) is 15.4 Å². The molecule has 1 aromatic carbocycles. The van der Waals surface area contributed by atoms with Gasteiger partial charge in [0.2, 0.25) is 10.0 Å². The standard InChI is InChI=1S/C14H19NO2S/c1-2-18(16,17)15-11-14(9-5-6-10-14)12-7-3-4-8-13(12)15/h3-4,7-8H,2,5-6,9-11H2,1H3. The fourth-order valence-electron chi connectivity index (χ4n) is 3.47. The Morgan fingerprint density at radius 3 is 2.56 bits per heavy atom. The molecule has 1 aromatic rings. The van der Waals surface area contributed by atoms with Crippen LogP contribution in [0.25, 0.3) is 0 Å².